The van der Waals surface area contributed by atoms with Crippen LogP contribution in [0.15, 0.2) is 30.3 Å². The maximum Gasteiger partial charge on any atom is 0.481 e. The van der Waals surface area contributed by atoms with Gasteiger partial charge < -0.3 is 25.3 Å². The highest BCUT2D eigenvalue weighted by Gasteiger charge is 2.54. The third-order valence-corrected chi connectivity index (χ3v) is 6.94. The van der Waals surface area contributed by atoms with Gasteiger partial charge in [-0.15, -0.1) is 12.4 Å². The molecule has 2 aliphatic heterocycles. The fourth-order valence-electron chi connectivity index (χ4n) is 4.17. The summed E-state index contributed by atoms with van der Waals surface area (Å²) in [5.74, 6) is -0.737. The molecule has 3 N–H and O–H groups in total. The van der Waals surface area contributed by atoms with Crippen molar-refractivity contribution < 1.29 is 18.9 Å². The molecule has 2 saturated heterocycles. The average Bonchev–Trinajstić information content (AvgIpc) is 3.34. The van der Waals surface area contributed by atoms with Crippen molar-refractivity contribution in [3.05, 3.63) is 35.9 Å². The Morgan fingerprint density at radius 2 is 1.67 bits per heavy atom. The molecule has 2 aliphatic rings. The van der Waals surface area contributed by atoms with Crippen LogP contribution >= 0.6 is 12.4 Å². The summed E-state index contributed by atoms with van der Waals surface area (Å²) in [7, 11) is -0.568. The normalized spacial score (nSPS) is 20.8. The van der Waals surface area contributed by atoms with Gasteiger partial charge in [0.05, 0.1) is 29.6 Å². The Kier molecular flexibility index (Phi) is 9.79. The molecule has 9 heteroatoms. The number of amides is 2. The molecule has 2 heterocycles. The summed E-state index contributed by atoms with van der Waals surface area (Å²) < 4.78 is 12.4. The molecule has 7 nitrogen and oxygen atoms in total. The van der Waals surface area contributed by atoms with Gasteiger partial charge in [0.1, 0.15) is 0 Å². The van der Waals surface area contributed by atoms with Crippen LogP contribution in [0.4, 0.5) is 0 Å². The molecule has 1 aromatic carbocycles. The molecule has 2 atom stereocenters. The van der Waals surface area contributed by atoms with Crippen molar-refractivity contribution >= 4 is 31.3 Å². The van der Waals surface area contributed by atoms with Gasteiger partial charge in [-0.1, -0.05) is 30.3 Å². The van der Waals surface area contributed by atoms with Crippen LogP contribution in [0.25, 0.3) is 0 Å². The molecule has 2 fully saturated rings. The summed E-state index contributed by atoms with van der Waals surface area (Å²) in [5.41, 5.74) is 6.38. The van der Waals surface area contributed by atoms with Crippen LogP contribution in [0.5, 0.6) is 0 Å². The second-order valence-corrected chi connectivity index (χ2v) is 10.0. The maximum atomic E-state index is 12.9. The average molecular weight is 480 g/mol. The van der Waals surface area contributed by atoms with Gasteiger partial charge in [-0.3, -0.25) is 9.59 Å². The number of hydrogen-bond donors (Lipinski definition) is 2. The van der Waals surface area contributed by atoms with E-state index in [4.69, 9.17) is 15.0 Å². The lowest BCUT2D eigenvalue weighted by Gasteiger charge is -2.32. The van der Waals surface area contributed by atoms with Gasteiger partial charge in [-0.25, -0.2) is 0 Å². The molecule has 1 aromatic rings. The molecule has 0 aromatic heterocycles. The zero-order chi connectivity index (χ0) is 23.4. The van der Waals surface area contributed by atoms with Crippen molar-refractivity contribution in [2.45, 2.75) is 89.4 Å². The van der Waals surface area contributed by atoms with Gasteiger partial charge in [-0.2, -0.15) is 0 Å². The van der Waals surface area contributed by atoms with Gasteiger partial charge in [0.2, 0.25) is 11.8 Å². The molecule has 0 bridgehead atoms. The highest BCUT2D eigenvalue weighted by atomic mass is 35.5. The fourth-order valence-corrected chi connectivity index (χ4v) is 4.17. The lowest BCUT2D eigenvalue weighted by molar-refractivity contribution is -0.133. The fraction of sp³-hybridized carbons (Fsp3) is 0.667. The molecule has 33 heavy (non-hydrogen) atoms. The summed E-state index contributed by atoms with van der Waals surface area (Å²) in [6.45, 7) is 9.49. The zero-order valence-corrected chi connectivity index (χ0v) is 21.2. The Balaban J connectivity index is 0.00000385. The van der Waals surface area contributed by atoms with Crippen molar-refractivity contribution in [3.63, 3.8) is 0 Å². The SMILES string of the molecule is CC1(C)OB(C(CCCc2ccccc2)NC(=O)C(N)CC(=O)N2CCCC2)OC1(C)C.Cl. The van der Waals surface area contributed by atoms with Crippen LogP contribution in [-0.2, 0) is 25.3 Å². The van der Waals surface area contributed by atoms with Crippen LogP contribution in [0.3, 0.4) is 0 Å². The van der Waals surface area contributed by atoms with E-state index >= 15 is 0 Å². The molecule has 0 radical (unpaired) electrons. The Bertz CT molecular complexity index is 771. The van der Waals surface area contributed by atoms with Crippen molar-refractivity contribution in [2.24, 2.45) is 5.73 Å². The Hall–Kier alpha value is -1.61. The number of carbonyl (C=O) groups excluding carboxylic acids is 2. The first-order chi connectivity index (χ1) is 15.1. The summed E-state index contributed by atoms with van der Waals surface area (Å²) in [6, 6.07) is 9.37. The Labute approximate surface area is 204 Å². The Morgan fingerprint density at radius 3 is 2.24 bits per heavy atom. The monoisotopic (exact) mass is 479 g/mol. The second-order valence-electron chi connectivity index (χ2n) is 10.0. The van der Waals surface area contributed by atoms with Crippen molar-refractivity contribution in [1.82, 2.24) is 10.2 Å². The van der Waals surface area contributed by atoms with Crippen molar-refractivity contribution in [1.29, 1.82) is 0 Å². The smallest absolute Gasteiger partial charge is 0.402 e. The standard InChI is InChI=1S/C24H38BN3O4.ClH/c1-23(2)24(3,4)32-25(31-23)20(14-10-13-18-11-6-5-7-12-18)27-22(30)19(26)17-21(29)28-15-8-9-16-28;/h5-7,11-12,19-20H,8-10,13-17,26H2,1-4H3,(H,27,30);1H. The van der Waals surface area contributed by atoms with E-state index in [1.807, 2.05) is 45.9 Å². The molecule has 184 valence electrons. The van der Waals surface area contributed by atoms with Gasteiger partial charge in [-0.05, 0) is 65.4 Å². The van der Waals surface area contributed by atoms with E-state index in [0.717, 1.165) is 38.8 Å². The third kappa shape index (κ3) is 7.19. The van der Waals surface area contributed by atoms with E-state index in [2.05, 4.69) is 17.4 Å². The summed E-state index contributed by atoms with van der Waals surface area (Å²) in [5, 5.41) is 3.03. The topological polar surface area (TPSA) is 93.9 Å². The first-order valence-electron chi connectivity index (χ1n) is 11.8. The number of nitrogens with one attached hydrogen (secondary N) is 1. The van der Waals surface area contributed by atoms with Crippen LogP contribution in [0, 0.1) is 0 Å². The molecule has 0 spiro atoms. The third-order valence-electron chi connectivity index (χ3n) is 6.94. The first kappa shape index (κ1) is 27.6. The van der Waals surface area contributed by atoms with E-state index in [0.29, 0.717) is 6.42 Å². The number of aryl methyl sites for hydroxylation is 1. The van der Waals surface area contributed by atoms with Gasteiger partial charge in [0.15, 0.2) is 0 Å². The molecule has 0 aliphatic carbocycles. The number of nitrogens with zero attached hydrogens (tertiary/aromatic N) is 1. The van der Waals surface area contributed by atoms with Gasteiger partial charge in [0, 0.05) is 13.1 Å². The predicted octanol–water partition coefficient (Wildman–Crippen LogP) is 2.89. The van der Waals surface area contributed by atoms with Gasteiger partial charge >= 0.3 is 7.12 Å². The highest BCUT2D eigenvalue weighted by Crippen LogP contribution is 2.38. The number of rotatable bonds is 9. The largest absolute Gasteiger partial charge is 0.481 e. The van der Waals surface area contributed by atoms with Crippen molar-refractivity contribution in [3.8, 4) is 0 Å². The Morgan fingerprint density at radius 1 is 1.09 bits per heavy atom. The number of nitrogens with two attached hydrogens (primary N) is 1. The van der Waals surface area contributed by atoms with Crippen LogP contribution in [0.2, 0.25) is 0 Å². The van der Waals surface area contributed by atoms with Gasteiger partial charge in [0.25, 0.3) is 0 Å². The van der Waals surface area contributed by atoms with E-state index in [1.165, 1.54) is 5.56 Å². The first-order valence-corrected chi connectivity index (χ1v) is 11.8. The summed E-state index contributed by atoms with van der Waals surface area (Å²) in [6.07, 6.45) is 4.49. The zero-order valence-electron chi connectivity index (χ0n) is 20.3. The molecule has 2 amide bonds. The van der Waals surface area contributed by atoms with E-state index < -0.39 is 24.4 Å². The highest BCUT2D eigenvalue weighted by molar-refractivity contribution is 6.48. The van der Waals surface area contributed by atoms with E-state index in [1.54, 1.807) is 4.90 Å². The van der Waals surface area contributed by atoms with Crippen LogP contribution in [0.1, 0.15) is 65.4 Å². The molecular weight excluding hydrogens is 441 g/mol. The maximum absolute atomic E-state index is 12.9. The second kappa shape index (κ2) is 11.7. The number of likely N-dealkylation sites (tertiary alicyclic amines) is 1. The number of carbonyl (C=O) groups is 2. The summed E-state index contributed by atoms with van der Waals surface area (Å²) in [4.78, 5) is 27.1. The minimum absolute atomic E-state index is 0. The lowest BCUT2D eigenvalue weighted by Crippen LogP contribution is -2.53. The lowest BCUT2D eigenvalue weighted by atomic mass is 9.75. The molecule has 3 rings (SSSR count). The predicted molar refractivity (Wildman–Crippen MR) is 133 cm³/mol. The van der Waals surface area contributed by atoms with Crippen molar-refractivity contribution in [2.75, 3.05) is 13.1 Å². The van der Waals surface area contributed by atoms with E-state index in [9.17, 15) is 9.59 Å². The number of hydrogen-bond acceptors (Lipinski definition) is 5. The van der Waals surface area contributed by atoms with E-state index in [-0.39, 0.29) is 36.6 Å². The quantitative estimate of drug-likeness (QED) is 0.531. The number of benzene rings is 1. The summed E-state index contributed by atoms with van der Waals surface area (Å²) >= 11 is 0. The van der Waals surface area contributed by atoms with Crippen LogP contribution in [-0.4, -0.2) is 60.1 Å². The molecule has 2 unspecified atom stereocenters. The minimum atomic E-state index is -0.887. The minimum Gasteiger partial charge on any atom is -0.402 e. The van der Waals surface area contributed by atoms with Crippen LogP contribution < -0.4 is 11.1 Å². The molecular formula is C24H39BClN3O4. The molecule has 0 saturated carbocycles. The number of halogens is 1.